The van der Waals surface area contributed by atoms with Crippen molar-refractivity contribution in [2.75, 3.05) is 5.75 Å². The van der Waals surface area contributed by atoms with E-state index in [1.165, 1.54) is 4.90 Å². The Morgan fingerprint density at radius 2 is 1.92 bits per heavy atom. The van der Waals surface area contributed by atoms with Crippen molar-refractivity contribution in [3.05, 3.63) is 58.9 Å². The number of carbonyl (C=O) groups excluding carboxylic acids is 2. The van der Waals surface area contributed by atoms with Crippen molar-refractivity contribution in [1.29, 1.82) is 0 Å². The van der Waals surface area contributed by atoms with Crippen LogP contribution in [0.15, 0.2) is 41.3 Å². The molecule has 1 aromatic carbocycles. The van der Waals surface area contributed by atoms with E-state index in [1.807, 2.05) is 26.0 Å². The SMILES string of the molecule is CCSc1ccc(CNC(=O)c2ccc3c(n2)CCC(C)(C)C3=O)cc1. The van der Waals surface area contributed by atoms with E-state index in [2.05, 4.69) is 29.4 Å². The van der Waals surface area contributed by atoms with Crippen molar-refractivity contribution in [3.63, 3.8) is 0 Å². The van der Waals surface area contributed by atoms with Crippen LogP contribution in [0, 0.1) is 5.41 Å². The Hall–Kier alpha value is -2.14. The molecule has 4 nitrogen and oxygen atoms in total. The first-order chi connectivity index (χ1) is 12.4. The van der Waals surface area contributed by atoms with E-state index in [4.69, 9.17) is 0 Å². The average Bonchev–Trinajstić information content (AvgIpc) is 2.64. The highest BCUT2D eigenvalue weighted by atomic mass is 32.2. The molecule has 1 N–H and O–H groups in total. The molecule has 0 aliphatic heterocycles. The van der Waals surface area contributed by atoms with Gasteiger partial charge in [-0.2, -0.15) is 0 Å². The third-order valence-electron chi connectivity index (χ3n) is 4.74. The molecule has 1 heterocycles. The lowest BCUT2D eigenvalue weighted by Crippen LogP contribution is -2.32. The predicted molar refractivity (Wildman–Crippen MR) is 105 cm³/mol. The number of hydrogen-bond acceptors (Lipinski definition) is 4. The molecule has 0 radical (unpaired) electrons. The van der Waals surface area contributed by atoms with Gasteiger partial charge in [0.1, 0.15) is 5.69 Å². The number of amides is 1. The van der Waals surface area contributed by atoms with Crippen molar-refractivity contribution < 1.29 is 9.59 Å². The first-order valence-electron chi connectivity index (χ1n) is 8.95. The molecule has 0 unspecified atom stereocenters. The molecular weight excluding hydrogens is 344 g/mol. The van der Waals surface area contributed by atoms with Gasteiger partial charge in [-0.3, -0.25) is 9.59 Å². The molecule has 1 aliphatic carbocycles. The molecule has 0 saturated heterocycles. The fraction of sp³-hybridized carbons (Fsp3) is 0.381. The summed E-state index contributed by atoms with van der Waals surface area (Å²) >= 11 is 1.79. The fourth-order valence-corrected chi connectivity index (χ4v) is 3.74. The van der Waals surface area contributed by atoms with E-state index in [-0.39, 0.29) is 17.1 Å². The maximum atomic E-state index is 12.5. The van der Waals surface area contributed by atoms with Crippen LogP contribution < -0.4 is 5.32 Å². The van der Waals surface area contributed by atoms with Gasteiger partial charge in [0.15, 0.2) is 5.78 Å². The topological polar surface area (TPSA) is 59.1 Å². The van der Waals surface area contributed by atoms with Gasteiger partial charge >= 0.3 is 0 Å². The number of rotatable bonds is 5. The molecule has 0 bridgehead atoms. The average molecular weight is 369 g/mol. The first kappa shape index (κ1) is 18.6. The third kappa shape index (κ3) is 3.98. The standard InChI is InChI=1S/C21H24N2O2S/c1-4-26-15-7-5-14(6-8-15)13-22-20(25)18-10-9-16-17(23-18)11-12-21(2,3)19(16)24/h5-10H,4,11-13H2,1-3H3,(H,22,25). The quantitative estimate of drug-likeness (QED) is 0.800. The van der Waals surface area contributed by atoms with Crippen molar-refractivity contribution in [2.24, 2.45) is 5.41 Å². The molecule has 3 rings (SSSR count). The van der Waals surface area contributed by atoms with Gasteiger partial charge < -0.3 is 5.32 Å². The molecule has 136 valence electrons. The van der Waals surface area contributed by atoms with E-state index >= 15 is 0 Å². The van der Waals surface area contributed by atoms with Crippen LogP contribution in [0.5, 0.6) is 0 Å². The Labute approximate surface area is 158 Å². The Bertz CT molecular complexity index is 828. The number of aromatic nitrogens is 1. The zero-order chi connectivity index (χ0) is 18.7. The summed E-state index contributed by atoms with van der Waals surface area (Å²) in [6.45, 7) is 6.51. The van der Waals surface area contributed by atoms with E-state index in [1.54, 1.807) is 23.9 Å². The number of ketones is 1. The zero-order valence-corrected chi connectivity index (χ0v) is 16.3. The maximum absolute atomic E-state index is 12.5. The minimum Gasteiger partial charge on any atom is -0.347 e. The van der Waals surface area contributed by atoms with Crippen molar-refractivity contribution >= 4 is 23.5 Å². The molecule has 0 spiro atoms. The lowest BCUT2D eigenvalue weighted by molar-refractivity contribution is 0.0807. The Kier molecular flexibility index (Phi) is 5.47. The minimum absolute atomic E-state index is 0.114. The molecule has 1 aromatic heterocycles. The summed E-state index contributed by atoms with van der Waals surface area (Å²) in [7, 11) is 0. The second kappa shape index (κ2) is 7.62. The lowest BCUT2D eigenvalue weighted by atomic mass is 9.75. The summed E-state index contributed by atoms with van der Waals surface area (Å²) in [5.41, 5.74) is 2.47. The zero-order valence-electron chi connectivity index (χ0n) is 15.5. The van der Waals surface area contributed by atoms with Crippen molar-refractivity contribution in [1.82, 2.24) is 10.3 Å². The van der Waals surface area contributed by atoms with Crippen LogP contribution in [0.25, 0.3) is 0 Å². The van der Waals surface area contributed by atoms with Gasteiger partial charge in [-0.1, -0.05) is 32.9 Å². The number of benzene rings is 1. The van der Waals surface area contributed by atoms with Crippen LogP contribution in [0.1, 0.15) is 59.3 Å². The monoisotopic (exact) mass is 368 g/mol. The van der Waals surface area contributed by atoms with Gasteiger partial charge in [0.25, 0.3) is 5.91 Å². The van der Waals surface area contributed by atoms with Gasteiger partial charge in [-0.05, 0) is 48.4 Å². The number of pyridine rings is 1. The third-order valence-corrected chi connectivity index (χ3v) is 5.63. The summed E-state index contributed by atoms with van der Waals surface area (Å²) in [6.07, 6.45) is 1.49. The van der Waals surface area contributed by atoms with Crippen molar-refractivity contribution in [2.45, 2.75) is 45.1 Å². The maximum Gasteiger partial charge on any atom is 0.270 e. The van der Waals surface area contributed by atoms with E-state index < -0.39 is 0 Å². The number of nitrogens with zero attached hydrogens (tertiary/aromatic N) is 1. The van der Waals surface area contributed by atoms with E-state index in [0.29, 0.717) is 17.8 Å². The molecule has 0 saturated carbocycles. The molecule has 5 heteroatoms. The molecule has 0 fully saturated rings. The normalized spacial score (nSPS) is 15.4. The van der Waals surface area contributed by atoms with E-state index in [0.717, 1.165) is 29.9 Å². The summed E-state index contributed by atoms with van der Waals surface area (Å²) in [5, 5.41) is 2.91. The Morgan fingerprint density at radius 1 is 1.19 bits per heavy atom. The van der Waals surface area contributed by atoms with Gasteiger partial charge in [0, 0.05) is 22.4 Å². The van der Waals surface area contributed by atoms with Gasteiger partial charge in [0.2, 0.25) is 0 Å². The fourth-order valence-electron chi connectivity index (χ4n) is 3.08. The number of fused-ring (bicyclic) bond motifs is 1. The second-order valence-electron chi connectivity index (χ2n) is 7.16. The highest BCUT2D eigenvalue weighted by Gasteiger charge is 2.35. The lowest BCUT2D eigenvalue weighted by Gasteiger charge is -2.28. The number of Topliss-reactive ketones (excluding diaryl/α,β-unsaturated/α-hetero) is 1. The van der Waals surface area contributed by atoms with E-state index in [9.17, 15) is 9.59 Å². The number of hydrogen-bond donors (Lipinski definition) is 1. The largest absolute Gasteiger partial charge is 0.347 e. The number of nitrogens with one attached hydrogen (secondary N) is 1. The van der Waals surface area contributed by atoms with Crippen LogP contribution in [0.3, 0.4) is 0 Å². The Morgan fingerprint density at radius 3 is 2.62 bits per heavy atom. The summed E-state index contributed by atoms with van der Waals surface area (Å²) in [6, 6.07) is 11.6. The molecule has 0 atom stereocenters. The highest BCUT2D eigenvalue weighted by Crippen LogP contribution is 2.33. The molecule has 26 heavy (non-hydrogen) atoms. The van der Waals surface area contributed by atoms with Gasteiger partial charge in [-0.25, -0.2) is 4.98 Å². The Balaban J connectivity index is 1.66. The molecular formula is C21H24N2O2S. The second-order valence-corrected chi connectivity index (χ2v) is 8.50. The van der Waals surface area contributed by atoms with Crippen molar-refractivity contribution in [3.8, 4) is 0 Å². The minimum atomic E-state index is -0.347. The summed E-state index contributed by atoms with van der Waals surface area (Å²) < 4.78 is 0. The van der Waals surface area contributed by atoms with Crippen LogP contribution in [0.4, 0.5) is 0 Å². The van der Waals surface area contributed by atoms with Crippen LogP contribution in [-0.4, -0.2) is 22.4 Å². The number of thioether (sulfide) groups is 1. The smallest absolute Gasteiger partial charge is 0.270 e. The summed E-state index contributed by atoms with van der Waals surface area (Å²) in [4.78, 5) is 30.6. The molecule has 2 aromatic rings. The predicted octanol–water partition coefficient (Wildman–Crippen LogP) is 4.28. The highest BCUT2D eigenvalue weighted by molar-refractivity contribution is 7.99. The summed E-state index contributed by atoms with van der Waals surface area (Å²) in [5.74, 6) is 0.945. The number of aryl methyl sites for hydroxylation is 1. The van der Waals surface area contributed by atoms with Gasteiger partial charge in [-0.15, -0.1) is 11.8 Å². The van der Waals surface area contributed by atoms with Crippen LogP contribution >= 0.6 is 11.8 Å². The van der Waals surface area contributed by atoms with Crippen LogP contribution in [-0.2, 0) is 13.0 Å². The first-order valence-corrected chi connectivity index (χ1v) is 9.94. The number of carbonyl (C=O) groups is 2. The molecule has 1 aliphatic rings. The van der Waals surface area contributed by atoms with Crippen LogP contribution in [0.2, 0.25) is 0 Å². The molecule has 1 amide bonds. The van der Waals surface area contributed by atoms with Gasteiger partial charge in [0.05, 0.1) is 5.69 Å².